The highest BCUT2D eigenvalue weighted by atomic mass is 32.2. The normalized spacial score (nSPS) is 13.0. The molecule has 0 radical (unpaired) electrons. The van der Waals surface area contributed by atoms with Crippen molar-refractivity contribution in [2.24, 2.45) is 5.92 Å². The summed E-state index contributed by atoms with van der Waals surface area (Å²) in [7, 11) is -2.70. The van der Waals surface area contributed by atoms with Crippen LogP contribution < -0.4 is 10.6 Å². The van der Waals surface area contributed by atoms with E-state index < -0.39 is 46.6 Å². The first-order valence-corrected chi connectivity index (χ1v) is 17.3. The highest BCUT2D eigenvalue weighted by molar-refractivity contribution is 7.89. The van der Waals surface area contributed by atoms with Gasteiger partial charge < -0.3 is 20.5 Å². The number of aliphatic hydroxyl groups excluding tert-OH is 1. The Bertz CT molecular complexity index is 1610. The molecule has 3 aromatic carbocycles. The van der Waals surface area contributed by atoms with Gasteiger partial charge in [-0.25, -0.2) is 18.2 Å². The molecule has 0 aliphatic carbocycles. The van der Waals surface area contributed by atoms with Gasteiger partial charge in [0.05, 0.1) is 31.2 Å². The van der Waals surface area contributed by atoms with Crippen molar-refractivity contribution in [3.63, 3.8) is 0 Å². The van der Waals surface area contributed by atoms with Crippen LogP contribution in [0.15, 0.2) is 102 Å². The van der Waals surface area contributed by atoms with E-state index in [1.807, 2.05) is 74.5 Å². The van der Waals surface area contributed by atoms with Crippen molar-refractivity contribution in [3.8, 4) is 0 Å². The number of sulfonamides is 1. The van der Waals surface area contributed by atoms with Crippen LogP contribution in [0.25, 0.3) is 0 Å². The predicted molar refractivity (Wildman–Crippen MR) is 178 cm³/mol. The number of benzene rings is 3. The third-order valence-electron chi connectivity index (χ3n) is 7.48. The topological polar surface area (TPSA) is 138 Å². The number of carbonyl (C=O) groups excluding carboxylic acids is 2. The molecule has 10 nitrogen and oxygen atoms in total. The molecule has 2 atom stereocenters. The van der Waals surface area contributed by atoms with Crippen molar-refractivity contribution >= 4 is 33.4 Å². The number of hydrogen-bond donors (Lipinski definition) is 3. The van der Waals surface area contributed by atoms with E-state index in [0.717, 1.165) is 11.1 Å². The van der Waals surface area contributed by atoms with Crippen LogP contribution in [0, 0.1) is 5.92 Å². The Hall–Kier alpha value is -4.10. The molecule has 0 aliphatic rings. The van der Waals surface area contributed by atoms with Crippen LogP contribution in [0.2, 0.25) is 0 Å². The fourth-order valence-corrected chi connectivity index (χ4v) is 7.72. The molecule has 0 saturated heterocycles. The monoisotopic (exact) mass is 664 g/mol. The molecule has 2 amide bonds. The van der Waals surface area contributed by atoms with Crippen molar-refractivity contribution in [2.45, 2.75) is 49.7 Å². The van der Waals surface area contributed by atoms with Crippen LogP contribution in [0.4, 0.5) is 4.79 Å². The number of aromatic nitrogens is 1. The van der Waals surface area contributed by atoms with Crippen LogP contribution in [-0.4, -0.2) is 61.1 Å². The summed E-state index contributed by atoms with van der Waals surface area (Å²) in [5.41, 5.74) is 1.66. The van der Waals surface area contributed by atoms with Gasteiger partial charge in [0.2, 0.25) is 15.9 Å². The lowest BCUT2D eigenvalue weighted by atomic mass is 9.84. The maximum absolute atomic E-state index is 13.8. The van der Waals surface area contributed by atoms with E-state index in [1.165, 1.54) is 34.9 Å². The van der Waals surface area contributed by atoms with Gasteiger partial charge in [0.1, 0.15) is 11.0 Å². The summed E-state index contributed by atoms with van der Waals surface area (Å²) in [6, 6.07) is 25.1. The molecule has 244 valence electrons. The largest absolute Gasteiger partial charge is 0.453 e. The Kier molecular flexibility index (Phi) is 12.4. The quantitative estimate of drug-likeness (QED) is 0.161. The van der Waals surface area contributed by atoms with E-state index in [-0.39, 0.29) is 23.9 Å². The number of alkyl carbamates (subject to hydrolysis) is 1. The van der Waals surface area contributed by atoms with E-state index in [0.29, 0.717) is 16.3 Å². The molecule has 0 saturated carbocycles. The molecular weight excluding hydrogens is 625 g/mol. The Morgan fingerprint density at radius 2 is 1.50 bits per heavy atom. The lowest BCUT2D eigenvalue weighted by molar-refractivity contribution is -0.123. The highest BCUT2D eigenvalue weighted by Gasteiger charge is 2.35. The minimum Gasteiger partial charge on any atom is -0.453 e. The second kappa shape index (κ2) is 16.5. The van der Waals surface area contributed by atoms with Crippen molar-refractivity contribution in [1.82, 2.24) is 19.9 Å². The molecule has 2 unspecified atom stereocenters. The van der Waals surface area contributed by atoms with E-state index in [9.17, 15) is 23.1 Å². The molecule has 0 aliphatic heterocycles. The minimum atomic E-state index is -3.94. The third-order valence-corrected chi connectivity index (χ3v) is 10.5. The predicted octanol–water partition coefficient (Wildman–Crippen LogP) is 5.09. The van der Waals surface area contributed by atoms with Crippen LogP contribution in [0.3, 0.4) is 0 Å². The molecule has 4 aromatic rings. The smallest absolute Gasteiger partial charge is 0.407 e. The maximum Gasteiger partial charge on any atom is 0.407 e. The second-order valence-electron chi connectivity index (χ2n) is 11.1. The van der Waals surface area contributed by atoms with E-state index in [1.54, 1.807) is 24.4 Å². The molecule has 4 rings (SSSR count). The number of nitrogens with one attached hydrogen (secondary N) is 2. The molecule has 46 heavy (non-hydrogen) atoms. The first-order chi connectivity index (χ1) is 22.1. The van der Waals surface area contributed by atoms with Crippen LogP contribution in [-0.2, 0) is 26.1 Å². The van der Waals surface area contributed by atoms with Gasteiger partial charge in [0.25, 0.3) is 0 Å². The fraction of sp³-hybridized carbons (Fsp3) is 0.324. The Balaban J connectivity index is 1.58. The Morgan fingerprint density at radius 1 is 0.935 bits per heavy atom. The van der Waals surface area contributed by atoms with Crippen LogP contribution >= 0.6 is 11.3 Å². The maximum atomic E-state index is 13.8. The van der Waals surface area contributed by atoms with Gasteiger partial charge in [-0.2, -0.15) is 4.31 Å². The lowest BCUT2D eigenvalue weighted by Gasteiger charge is -2.29. The minimum absolute atomic E-state index is 0.0712. The molecule has 0 bridgehead atoms. The number of methoxy groups -OCH3 is 1. The zero-order valence-electron chi connectivity index (χ0n) is 26.1. The van der Waals surface area contributed by atoms with Crippen molar-refractivity contribution < 1.29 is 27.9 Å². The molecule has 0 fully saturated rings. The van der Waals surface area contributed by atoms with E-state index >= 15 is 0 Å². The number of carbonyl (C=O) groups is 2. The summed E-state index contributed by atoms with van der Waals surface area (Å²) in [6.45, 7) is 3.82. The van der Waals surface area contributed by atoms with E-state index in [4.69, 9.17) is 4.74 Å². The van der Waals surface area contributed by atoms with Gasteiger partial charge in [0, 0.05) is 23.5 Å². The molecule has 12 heteroatoms. The van der Waals surface area contributed by atoms with Crippen LogP contribution in [0.1, 0.15) is 53.2 Å². The average Bonchev–Trinajstić information content (AvgIpc) is 3.55. The summed E-state index contributed by atoms with van der Waals surface area (Å²) in [5, 5.41) is 16.5. The summed E-state index contributed by atoms with van der Waals surface area (Å²) < 4.78 is 33.6. The standard InChI is InChI=1S/C34H40N4O6S2/c1-24(2)19-20-38(46(42,43)28-17-11-6-12-18-28)29(23-39)33-36-22-27(45-33)21-35-32(40)31(37-34(41)44-3)30(25-13-7-4-8-14-25)26-15-9-5-10-16-26/h4-18,22,24,29-31,39H,19-21,23H2,1-3H3,(H,35,40)(H,37,41). The first-order valence-electron chi connectivity index (χ1n) is 15.0. The lowest BCUT2D eigenvalue weighted by Crippen LogP contribution is -2.50. The van der Waals surface area contributed by atoms with Gasteiger partial charge >= 0.3 is 6.09 Å². The summed E-state index contributed by atoms with van der Waals surface area (Å²) in [6.07, 6.45) is 1.41. The summed E-state index contributed by atoms with van der Waals surface area (Å²) in [4.78, 5) is 31.5. The number of thiazole rings is 1. The summed E-state index contributed by atoms with van der Waals surface area (Å²) in [5.74, 6) is -0.728. The Labute approximate surface area is 274 Å². The van der Waals surface area contributed by atoms with Crippen molar-refractivity contribution in [1.29, 1.82) is 0 Å². The SMILES string of the molecule is COC(=O)NC(C(=O)NCc1cnc(C(CO)N(CCC(C)C)S(=O)(=O)c2ccccc2)s1)C(c1ccccc1)c1ccccc1. The second-order valence-corrected chi connectivity index (χ2v) is 14.1. The fourth-order valence-electron chi connectivity index (χ4n) is 5.08. The number of nitrogens with zero attached hydrogens (tertiary/aromatic N) is 2. The molecule has 3 N–H and O–H groups in total. The number of hydrogen-bond acceptors (Lipinski definition) is 8. The summed E-state index contributed by atoms with van der Waals surface area (Å²) >= 11 is 1.21. The van der Waals surface area contributed by atoms with Crippen molar-refractivity contribution in [3.05, 3.63) is 118 Å². The number of aliphatic hydroxyl groups is 1. The number of amides is 2. The van der Waals surface area contributed by atoms with E-state index in [2.05, 4.69) is 15.6 Å². The average molecular weight is 665 g/mol. The molecule has 1 aromatic heterocycles. The van der Waals surface area contributed by atoms with Gasteiger partial charge in [0.15, 0.2) is 0 Å². The molecular formula is C34H40N4O6S2. The molecule has 0 spiro atoms. The van der Waals surface area contributed by atoms with Gasteiger partial charge in [-0.3, -0.25) is 4.79 Å². The zero-order chi connectivity index (χ0) is 33.1. The van der Waals surface area contributed by atoms with Gasteiger partial charge in [-0.1, -0.05) is 92.7 Å². The highest BCUT2D eigenvalue weighted by Crippen LogP contribution is 2.32. The van der Waals surface area contributed by atoms with Crippen molar-refractivity contribution in [2.75, 3.05) is 20.3 Å². The number of rotatable bonds is 15. The first kappa shape index (κ1) is 34.8. The van der Waals surface area contributed by atoms with Crippen LogP contribution in [0.5, 0.6) is 0 Å². The van der Waals surface area contributed by atoms with Gasteiger partial charge in [-0.15, -0.1) is 11.3 Å². The zero-order valence-corrected chi connectivity index (χ0v) is 27.7. The third kappa shape index (κ3) is 8.79. The molecule has 1 heterocycles. The number of ether oxygens (including phenoxy) is 1. The van der Waals surface area contributed by atoms with Gasteiger partial charge in [-0.05, 0) is 35.6 Å². The Morgan fingerprint density at radius 3 is 2.02 bits per heavy atom.